The van der Waals surface area contributed by atoms with Crippen molar-refractivity contribution in [2.45, 2.75) is 6.04 Å². The first-order valence-corrected chi connectivity index (χ1v) is 6.94. The number of hydrogen-bond donors (Lipinski definition) is 2. The molecule has 2 rings (SSSR count). The van der Waals surface area contributed by atoms with Crippen LogP contribution in [0.5, 0.6) is 0 Å². The lowest BCUT2D eigenvalue weighted by Gasteiger charge is -2.19. The first kappa shape index (κ1) is 15.2. The van der Waals surface area contributed by atoms with E-state index in [9.17, 15) is 4.79 Å². The highest BCUT2D eigenvalue weighted by Gasteiger charge is 2.17. The van der Waals surface area contributed by atoms with Gasteiger partial charge in [0.05, 0.1) is 0 Å². The molecule has 3 N–H and O–H groups in total. The maximum absolute atomic E-state index is 11.7. The van der Waals surface area contributed by atoms with E-state index in [4.69, 9.17) is 17.3 Å². The van der Waals surface area contributed by atoms with E-state index in [1.165, 1.54) is 0 Å². The summed E-state index contributed by atoms with van der Waals surface area (Å²) >= 11 is 5.85. The van der Waals surface area contributed by atoms with Crippen LogP contribution in [-0.2, 0) is 4.79 Å². The molecular weight excluding hydrogens is 286 g/mol. The van der Waals surface area contributed by atoms with Gasteiger partial charge in [-0.25, -0.2) is 0 Å². The van der Waals surface area contributed by atoms with Gasteiger partial charge in [0.1, 0.15) is 6.04 Å². The molecule has 110 valence electrons. The van der Waals surface area contributed by atoms with Crippen LogP contribution in [0, 0.1) is 0 Å². The summed E-state index contributed by atoms with van der Waals surface area (Å²) in [5, 5.41) is 3.77. The number of benzene rings is 2. The fourth-order valence-corrected chi connectivity index (χ4v) is 2.12. The summed E-state index contributed by atoms with van der Waals surface area (Å²) < 4.78 is 0. The number of nitrogens with one attached hydrogen (secondary N) is 1. The van der Waals surface area contributed by atoms with Crippen molar-refractivity contribution in [3.63, 3.8) is 0 Å². The number of carbonyl (C=O) groups excluding carboxylic acids is 1. The largest absolute Gasteiger partial charge is 0.378 e. The molecule has 0 bridgehead atoms. The summed E-state index contributed by atoms with van der Waals surface area (Å²) in [6.07, 6.45) is 0. The van der Waals surface area contributed by atoms with E-state index in [-0.39, 0.29) is 0 Å². The van der Waals surface area contributed by atoms with Gasteiger partial charge in [-0.3, -0.25) is 4.79 Å². The van der Waals surface area contributed by atoms with Gasteiger partial charge in [0, 0.05) is 30.5 Å². The highest BCUT2D eigenvalue weighted by Crippen LogP contribution is 2.23. The van der Waals surface area contributed by atoms with Crippen molar-refractivity contribution >= 4 is 28.9 Å². The topological polar surface area (TPSA) is 58.4 Å². The van der Waals surface area contributed by atoms with Crippen LogP contribution in [0.2, 0.25) is 5.02 Å². The van der Waals surface area contributed by atoms with Crippen LogP contribution in [0.15, 0.2) is 48.5 Å². The number of rotatable bonds is 5. The van der Waals surface area contributed by atoms with E-state index < -0.39 is 11.9 Å². The van der Waals surface area contributed by atoms with Gasteiger partial charge in [0.2, 0.25) is 5.91 Å². The molecule has 0 fully saturated rings. The number of amides is 1. The summed E-state index contributed by atoms with van der Waals surface area (Å²) in [5.41, 5.74) is 8.18. The van der Waals surface area contributed by atoms with Gasteiger partial charge in [0.15, 0.2) is 0 Å². The Morgan fingerprint density at radius 3 is 2.14 bits per heavy atom. The van der Waals surface area contributed by atoms with Gasteiger partial charge in [-0.1, -0.05) is 23.7 Å². The van der Waals surface area contributed by atoms with Crippen LogP contribution in [0.4, 0.5) is 11.4 Å². The maximum Gasteiger partial charge on any atom is 0.244 e. The predicted molar refractivity (Wildman–Crippen MR) is 87.8 cm³/mol. The Kier molecular flexibility index (Phi) is 4.70. The van der Waals surface area contributed by atoms with Crippen LogP contribution in [0.3, 0.4) is 0 Å². The van der Waals surface area contributed by atoms with E-state index in [1.54, 1.807) is 12.1 Å². The molecule has 21 heavy (non-hydrogen) atoms. The van der Waals surface area contributed by atoms with Crippen molar-refractivity contribution in [3.05, 3.63) is 59.1 Å². The Bertz CT molecular complexity index is 608. The van der Waals surface area contributed by atoms with Crippen molar-refractivity contribution in [2.24, 2.45) is 5.73 Å². The summed E-state index contributed by atoms with van der Waals surface area (Å²) in [6, 6.07) is 14.3. The van der Waals surface area contributed by atoms with Gasteiger partial charge in [-0.15, -0.1) is 0 Å². The second-order valence-electron chi connectivity index (χ2n) is 4.97. The molecule has 1 unspecified atom stereocenters. The highest BCUT2D eigenvalue weighted by molar-refractivity contribution is 6.30. The Labute approximate surface area is 129 Å². The zero-order valence-corrected chi connectivity index (χ0v) is 12.8. The molecule has 0 aliphatic rings. The molecule has 4 nitrogen and oxygen atoms in total. The van der Waals surface area contributed by atoms with E-state index in [2.05, 4.69) is 5.32 Å². The first-order valence-electron chi connectivity index (χ1n) is 6.56. The summed E-state index contributed by atoms with van der Waals surface area (Å²) in [7, 11) is 3.93. The summed E-state index contributed by atoms with van der Waals surface area (Å²) in [6.45, 7) is 0. The van der Waals surface area contributed by atoms with E-state index in [0.717, 1.165) is 16.9 Å². The van der Waals surface area contributed by atoms with E-state index in [0.29, 0.717) is 5.02 Å². The molecule has 1 amide bonds. The van der Waals surface area contributed by atoms with E-state index in [1.807, 2.05) is 55.4 Å². The average molecular weight is 304 g/mol. The summed E-state index contributed by atoms with van der Waals surface area (Å²) in [4.78, 5) is 13.7. The number of primary amides is 1. The minimum absolute atomic E-state index is 0.428. The van der Waals surface area contributed by atoms with Crippen LogP contribution in [-0.4, -0.2) is 20.0 Å². The SMILES string of the molecule is CN(C)c1ccc(C(Nc2ccc(Cl)cc2)C(N)=O)cc1. The molecule has 2 aromatic carbocycles. The van der Waals surface area contributed by atoms with E-state index >= 15 is 0 Å². The third kappa shape index (κ3) is 3.89. The van der Waals surface area contributed by atoms with Crippen LogP contribution in [0.1, 0.15) is 11.6 Å². The minimum atomic E-state index is -0.581. The molecule has 0 heterocycles. The van der Waals surface area contributed by atoms with Crippen molar-refractivity contribution in [1.82, 2.24) is 0 Å². The molecule has 0 aliphatic carbocycles. The lowest BCUT2D eigenvalue weighted by Crippen LogP contribution is -2.27. The molecule has 0 spiro atoms. The third-order valence-electron chi connectivity index (χ3n) is 3.18. The minimum Gasteiger partial charge on any atom is -0.378 e. The number of hydrogen-bond acceptors (Lipinski definition) is 3. The molecule has 1 atom stereocenters. The molecule has 2 aromatic rings. The Balaban J connectivity index is 2.22. The molecule has 0 saturated heterocycles. The Morgan fingerprint density at radius 1 is 1.10 bits per heavy atom. The fraction of sp³-hybridized carbons (Fsp3) is 0.188. The van der Waals surface area contributed by atoms with Gasteiger partial charge in [0.25, 0.3) is 0 Å². The zero-order chi connectivity index (χ0) is 15.4. The highest BCUT2D eigenvalue weighted by atomic mass is 35.5. The smallest absolute Gasteiger partial charge is 0.244 e. The average Bonchev–Trinajstić information content (AvgIpc) is 2.46. The molecule has 0 radical (unpaired) electrons. The normalized spacial score (nSPS) is 11.8. The van der Waals surface area contributed by atoms with Crippen LogP contribution >= 0.6 is 11.6 Å². The molecular formula is C16H18ClN3O. The fourth-order valence-electron chi connectivity index (χ4n) is 2.00. The quantitative estimate of drug-likeness (QED) is 0.892. The van der Waals surface area contributed by atoms with Crippen molar-refractivity contribution < 1.29 is 4.79 Å². The summed E-state index contributed by atoms with van der Waals surface area (Å²) in [5.74, 6) is -0.428. The lowest BCUT2D eigenvalue weighted by atomic mass is 10.1. The number of carbonyl (C=O) groups is 1. The third-order valence-corrected chi connectivity index (χ3v) is 3.43. The Morgan fingerprint density at radius 2 is 1.67 bits per heavy atom. The maximum atomic E-state index is 11.7. The number of halogens is 1. The van der Waals surface area contributed by atoms with Gasteiger partial charge in [-0.2, -0.15) is 0 Å². The second kappa shape index (κ2) is 6.50. The van der Waals surface area contributed by atoms with Gasteiger partial charge < -0.3 is 16.0 Å². The lowest BCUT2D eigenvalue weighted by molar-refractivity contribution is -0.118. The molecule has 0 saturated carbocycles. The first-order chi connectivity index (χ1) is 9.97. The number of nitrogens with two attached hydrogens (primary N) is 1. The zero-order valence-electron chi connectivity index (χ0n) is 12.0. The van der Waals surface area contributed by atoms with Gasteiger partial charge in [-0.05, 0) is 42.0 Å². The number of anilines is 2. The van der Waals surface area contributed by atoms with Gasteiger partial charge >= 0.3 is 0 Å². The molecule has 0 aromatic heterocycles. The van der Waals surface area contributed by atoms with Crippen molar-refractivity contribution in [2.75, 3.05) is 24.3 Å². The standard InChI is InChI=1S/C16H18ClN3O/c1-20(2)14-9-3-11(4-10-14)15(16(18)21)19-13-7-5-12(17)6-8-13/h3-10,15,19H,1-2H3,(H2,18,21). The number of nitrogens with zero attached hydrogens (tertiary/aromatic N) is 1. The predicted octanol–water partition coefficient (Wildman–Crippen LogP) is 3.04. The second-order valence-corrected chi connectivity index (χ2v) is 5.41. The van der Waals surface area contributed by atoms with Crippen molar-refractivity contribution in [1.29, 1.82) is 0 Å². The van der Waals surface area contributed by atoms with Crippen LogP contribution in [0.25, 0.3) is 0 Å². The monoisotopic (exact) mass is 303 g/mol. The van der Waals surface area contributed by atoms with Crippen molar-refractivity contribution in [3.8, 4) is 0 Å². The molecule has 0 aliphatic heterocycles. The Hall–Kier alpha value is -2.20. The van der Waals surface area contributed by atoms with Crippen LogP contribution < -0.4 is 16.0 Å². The molecule has 5 heteroatoms.